The van der Waals surface area contributed by atoms with Crippen LogP contribution in [-0.4, -0.2) is 5.49 Å². The van der Waals surface area contributed by atoms with E-state index in [1.54, 1.807) is 16.7 Å². The van der Waals surface area contributed by atoms with E-state index < -0.39 is 20.1 Å². The van der Waals surface area contributed by atoms with Crippen molar-refractivity contribution in [3.05, 3.63) is 41.6 Å². The van der Waals surface area contributed by atoms with Crippen LogP contribution in [-0.2, 0) is 20.1 Å². The van der Waals surface area contributed by atoms with E-state index in [-0.39, 0.29) is 30.3 Å². The first kappa shape index (κ1) is 20.6. The summed E-state index contributed by atoms with van der Waals surface area (Å²) in [6.07, 6.45) is 8.36. The Morgan fingerprint density at radius 2 is 1.70 bits per heavy atom. The molecule has 0 fully saturated rings. The molecule has 20 heavy (non-hydrogen) atoms. The minimum absolute atomic E-state index is 0. The van der Waals surface area contributed by atoms with E-state index in [2.05, 4.69) is 59.0 Å². The van der Waals surface area contributed by atoms with Gasteiger partial charge in [-0.25, -0.2) is 0 Å². The van der Waals surface area contributed by atoms with Crippen LogP contribution in [0.4, 0.5) is 0 Å². The Morgan fingerprint density at radius 3 is 2.05 bits per heavy atom. The Balaban J connectivity index is 0.00000180. The van der Waals surface area contributed by atoms with Gasteiger partial charge in [-0.15, -0.1) is 24.8 Å². The fourth-order valence-corrected chi connectivity index (χ4v) is 29.6. The van der Waals surface area contributed by atoms with E-state index >= 15 is 0 Å². The predicted molar refractivity (Wildman–Crippen MR) is 94.1 cm³/mol. The average Bonchev–Trinajstić information content (AvgIpc) is 2.89. The van der Waals surface area contributed by atoms with Crippen LogP contribution < -0.4 is 0 Å². The summed E-state index contributed by atoms with van der Waals surface area (Å²) in [4.78, 5) is 0. The first-order chi connectivity index (χ1) is 8.45. The molecule has 0 aromatic rings. The minimum atomic E-state index is -1.72. The molecule has 0 aromatic heterocycles. The molecule has 0 saturated heterocycles. The molecule has 4 heteroatoms. The van der Waals surface area contributed by atoms with Crippen molar-refractivity contribution in [2.75, 3.05) is 0 Å². The van der Waals surface area contributed by atoms with E-state index in [4.69, 9.17) is 0 Å². The van der Waals surface area contributed by atoms with Crippen molar-refractivity contribution < 1.29 is 20.1 Å². The van der Waals surface area contributed by atoms with Crippen LogP contribution in [0, 0.1) is 5.92 Å². The molecule has 2 aliphatic rings. The molecule has 0 aliphatic heterocycles. The van der Waals surface area contributed by atoms with Crippen molar-refractivity contribution in [1.29, 1.82) is 0 Å². The van der Waals surface area contributed by atoms with E-state index in [1.807, 2.05) is 6.66 Å². The van der Waals surface area contributed by atoms with Gasteiger partial charge in [-0.1, -0.05) is 0 Å². The summed E-state index contributed by atoms with van der Waals surface area (Å²) >= 11 is -1.72. The number of hydrogen-bond acceptors (Lipinski definition) is 0. The van der Waals surface area contributed by atoms with Crippen molar-refractivity contribution in [3.8, 4) is 0 Å². The molecule has 0 radical (unpaired) electrons. The molecule has 1 atom stereocenters. The predicted octanol–water partition coefficient (Wildman–Crippen LogP) is 5.80. The molecule has 0 N–H and O–H groups in total. The molecule has 0 bridgehead atoms. The summed E-state index contributed by atoms with van der Waals surface area (Å²) in [7, 11) is 0. The van der Waals surface area contributed by atoms with Crippen LogP contribution in [0.3, 0.4) is 0 Å². The van der Waals surface area contributed by atoms with Gasteiger partial charge in [-0.3, -0.25) is 0 Å². The van der Waals surface area contributed by atoms with Gasteiger partial charge in [0.15, 0.2) is 0 Å². The van der Waals surface area contributed by atoms with E-state index in [0.717, 1.165) is 5.92 Å². The molecule has 0 heterocycles. The largest absolute Gasteiger partial charge is 0.147 e. The second-order valence-electron chi connectivity index (χ2n) is 5.77. The van der Waals surface area contributed by atoms with Crippen LogP contribution in [0.15, 0.2) is 41.6 Å². The zero-order valence-corrected chi connectivity index (χ0v) is 19.6. The Bertz CT molecular complexity index is 547. The minimum Gasteiger partial charge on any atom is -0.147 e. The van der Waals surface area contributed by atoms with Gasteiger partial charge in [0, 0.05) is 0 Å². The van der Waals surface area contributed by atoms with Gasteiger partial charge in [0.25, 0.3) is 0 Å². The zero-order valence-electron chi connectivity index (χ0n) is 13.3. The number of rotatable bonds is 2. The Kier molecular flexibility index (Phi) is 8.57. The first-order valence-corrected chi connectivity index (χ1v) is 18.4. The normalized spacial score (nSPS) is 20.7. The topological polar surface area (TPSA) is 0 Å². The molecule has 0 nitrogen and oxygen atoms in total. The molecule has 112 valence electrons. The van der Waals surface area contributed by atoms with Crippen LogP contribution in [0.2, 0.25) is 13.1 Å². The average molecular weight is 496 g/mol. The zero-order chi connectivity index (χ0) is 13.4. The molecular weight excluding hydrogens is 470 g/mol. The summed E-state index contributed by atoms with van der Waals surface area (Å²) < 4.78 is 3.80. The van der Waals surface area contributed by atoms with Gasteiger partial charge in [-0.2, -0.15) is 0 Å². The summed E-state index contributed by atoms with van der Waals surface area (Å²) in [6, 6.07) is 0. The van der Waals surface area contributed by atoms with Crippen molar-refractivity contribution in [2.24, 2.45) is 5.92 Å². The van der Waals surface area contributed by atoms with E-state index in [9.17, 15) is 0 Å². The smallest absolute Gasteiger partial charge is 0.147 e. The summed E-state index contributed by atoms with van der Waals surface area (Å²) in [6.45, 7) is 14.6. The molecule has 2 rings (SSSR count). The molecule has 1 unspecified atom stereocenters. The van der Waals surface area contributed by atoms with Crippen LogP contribution in [0.25, 0.3) is 0 Å². The first-order valence-electron chi connectivity index (χ1n) is 6.87. The molecular formula is C16H26Cl2HfSi. The van der Waals surface area contributed by atoms with Gasteiger partial charge in [0.2, 0.25) is 0 Å². The van der Waals surface area contributed by atoms with Crippen molar-refractivity contribution >= 4 is 30.3 Å². The fraction of sp³-hybridized carbons (Fsp3) is 0.500. The third kappa shape index (κ3) is 3.69. The standard InChI is InChI=1S/C9H13.C5H5.C2H6Si.2ClH.Hf/c1-6-5-7(2)9(4)8(6)3;1-2-4-5-3-1;1-3-2;;;/h6H,1-4H3;1-3H,4H2;1-2H3;2*1H;. The summed E-state index contributed by atoms with van der Waals surface area (Å²) in [5.74, 6) is 0.744. The van der Waals surface area contributed by atoms with E-state index in [1.165, 1.54) is 6.42 Å². The SMILES string of the molecule is CC1=C(C)C(C)[C]([Hf]([C]2=CC=CC2)=[Si](C)C)=C1C.Cl.Cl. The summed E-state index contributed by atoms with van der Waals surface area (Å²) in [5, 5.41) is 0. The Labute approximate surface area is 144 Å². The van der Waals surface area contributed by atoms with Gasteiger partial charge in [0.1, 0.15) is 0 Å². The quantitative estimate of drug-likeness (QED) is 0.425. The van der Waals surface area contributed by atoms with Crippen LogP contribution in [0.5, 0.6) is 0 Å². The number of allylic oxidation sites excluding steroid dienone is 8. The number of halogens is 2. The number of hydrogen-bond donors (Lipinski definition) is 0. The monoisotopic (exact) mass is 496 g/mol. The molecule has 0 spiro atoms. The molecule has 0 aromatic carbocycles. The maximum atomic E-state index is 2.56. The Hall–Kier alpha value is 0.627. The second-order valence-corrected chi connectivity index (χ2v) is 29.6. The van der Waals surface area contributed by atoms with Gasteiger partial charge < -0.3 is 0 Å². The molecule has 0 saturated carbocycles. The third-order valence-electron chi connectivity index (χ3n) is 4.50. The van der Waals surface area contributed by atoms with Crippen LogP contribution >= 0.6 is 24.8 Å². The fourth-order valence-electron chi connectivity index (χ4n) is 3.16. The molecule has 2 aliphatic carbocycles. The maximum Gasteiger partial charge on any atom is -0.147 e. The second kappa shape index (κ2) is 8.31. The van der Waals surface area contributed by atoms with E-state index in [0.29, 0.717) is 0 Å². The van der Waals surface area contributed by atoms with Gasteiger partial charge >= 0.3 is 120 Å². The summed E-state index contributed by atoms with van der Waals surface area (Å²) in [5.41, 5.74) is 4.77. The third-order valence-corrected chi connectivity index (χ3v) is 29.6. The van der Waals surface area contributed by atoms with Crippen molar-refractivity contribution in [3.63, 3.8) is 0 Å². The Morgan fingerprint density at radius 1 is 1.10 bits per heavy atom. The molecule has 0 amide bonds. The van der Waals surface area contributed by atoms with Crippen molar-refractivity contribution in [1.82, 2.24) is 0 Å². The van der Waals surface area contributed by atoms with Crippen LogP contribution in [0.1, 0.15) is 34.1 Å². The van der Waals surface area contributed by atoms with Gasteiger partial charge in [-0.05, 0) is 0 Å². The van der Waals surface area contributed by atoms with Crippen molar-refractivity contribution in [2.45, 2.75) is 47.2 Å². The van der Waals surface area contributed by atoms with Gasteiger partial charge in [0.05, 0.1) is 0 Å². The maximum absolute atomic E-state index is 2.56.